The molecule has 0 fully saturated rings. The fraction of sp³-hybridized carbons (Fsp3) is 0.448. The van der Waals surface area contributed by atoms with E-state index in [0.717, 1.165) is 6.07 Å². The molecule has 0 unspecified atom stereocenters. The van der Waals surface area contributed by atoms with Crippen molar-refractivity contribution in [3.8, 4) is 5.75 Å². The van der Waals surface area contributed by atoms with Gasteiger partial charge < -0.3 is 9.66 Å². The van der Waals surface area contributed by atoms with Gasteiger partial charge in [-0.1, -0.05) is 94.6 Å². The Hall–Kier alpha value is -1.94. The van der Waals surface area contributed by atoms with Gasteiger partial charge in [0.1, 0.15) is 15.9 Å². The van der Waals surface area contributed by atoms with Crippen molar-refractivity contribution in [2.75, 3.05) is 18.5 Å². The highest BCUT2D eigenvalue weighted by molar-refractivity contribution is 7.86. The van der Waals surface area contributed by atoms with Crippen molar-refractivity contribution >= 4 is 28.2 Å². The molecule has 192 valence electrons. The first-order valence-corrected chi connectivity index (χ1v) is 16.8. The SMILES string of the molecule is CCCC[P+](CCCC)(CCCC)Cc1ccccc1.O=S(=O)([O-])c1ccc(O)c2ccccc12. The van der Waals surface area contributed by atoms with E-state index in [-0.39, 0.29) is 16.0 Å². The topological polar surface area (TPSA) is 77.4 Å². The highest BCUT2D eigenvalue weighted by Crippen LogP contribution is 2.63. The van der Waals surface area contributed by atoms with Crippen LogP contribution in [0.2, 0.25) is 0 Å². The fourth-order valence-corrected chi connectivity index (χ4v) is 10.3. The fourth-order valence-electron chi connectivity index (χ4n) is 4.50. The molecule has 0 bridgehead atoms. The predicted molar refractivity (Wildman–Crippen MR) is 150 cm³/mol. The van der Waals surface area contributed by atoms with Crippen LogP contribution in [-0.2, 0) is 16.3 Å². The van der Waals surface area contributed by atoms with E-state index in [2.05, 4.69) is 51.1 Å². The molecule has 0 aliphatic rings. The highest BCUT2D eigenvalue weighted by atomic mass is 32.2. The van der Waals surface area contributed by atoms with Crippen molar-refractivity contribution in [1.82, 2.24) is 0 Å². The lowest BCUT2D eigenvalue weighted by molar-refractivity contribution is 0.463. The number of benzene rings is 3. The molecule has 3 aromatic carbocycles. The zero-order chi connectivity index (χ0) is 25.7. The molecule has 3 rings (SSSR count). The molecule has 0 heterocycles. The Bertz CT molecular complexity index is 1110. The molecule has 4 nitrogen and oxygen atoms in total. The average molecular weight is 517 g/mol. The Morgan fingerprint density at radius 2 is 1.20 bits per heavy atom. The Morgan fingerprint density at radius 3 is 1.69 bits per heavy atom. The molecule has 0 spiro atoms. The molecule has 6 heteroatoms. The normalized spacial score (nSPS) is 11.8. The van der Waals surface area contributed by atoms with Gasteiger partial charge in [-0.25, -0.2) is 8.42 Å². The Morgan fingerprint density at radius 1 is 0.714 bits per heavy atom. The molecule has 3 aromatic rings. The van der Waals surface area contributed by atoms with Gasteiger partial charge in [-0.15, -0.1) is 0 Å². The van der Waals surface area contributed by atoms with Crippen molar-refractivity contribution in [3.05, 3.63) is 72.3 Å². The quantitative estimate of drug-likeness (QED) is 0.195. The molecule has 1 N–H and O–H groups in total. The van der Waals surface area contributed by atoms with Gasteiger partial charge in [0.15, 0.2) is 0 Å². The molecule has 0 aromatic heterocycles. The lowest BCUT2D eigenvalue weighted by Gasteiger charge is -2.28. The average Bonchev–Trinajstić information content (AvgIpc) is 2.85. The second kappa shape index (κ2) is 14.6. The van der Waals surface area contributed by atoms with Crippen LogP contribution in [0.15, 0.2) is 71.6 Å². The van der Waals surface area contributed by atoms with Crippen molar-refractivity contribution < 1.29 is 18.1 Å². The molecular formula is C29H41O4PS. The van der Waals surface area contributed by atoms with Crippen molar-refractivity contribution in [2.24, 2.45) is 0 Å². The van der Waals surface area contributed by atoms with Crippen molar-refractivity contribution in [2.45, 2.75) is 70.4 Å². The third-order valence-electron chi connectivity index (χ3n) is 6.45. The van der Waals surface area contributed by atoms with E-state index in [1.165, 1.54) is 75.3 Å². The van der Waals surface area contributed by atoms with Crippen LogP contribution in [0.1, 0.15) is 64.9 Å². The molecule has 0 amide bonds. The second-order valence-corrected chi connectivity index (χ2v) is 15.0. The van der Waals surface area contributed by atoms with E-state index in [0.29, 0.717) is 5.39 Å². The first-order chi connectivity index (χ1) is 16.8. The third-order valence-corrected chi connectivity index (χ3v) is 12.2. The molecular weight excluding hydrogens is 475 g/mol. The Labute approximate surface area is 212 Å². The zero-order valence-electron chi connectivity index (χ0n) is 21.4. The number of phenols is 1. The van der Waals surface area contributed by atoms with Crippen LogP contribution in [0.25, 0.3) is 10.8 Å². The van der Waals surface area contributed by atoms with Gasteiger partial charge in [-0.05, 0) is 37.0 Å². The van der Waals surface area contributed by atoms with Crippen LogP contribution in [0, 0.1) is 0 Å². The molecule has 0 saturated heterocycles. The Balaban J connectivity index is 0.000000256. The van der Waals surface area contributed by atoms with E-state index in [9.17, 15) is 18.1 Å². The number of unbranched alkanes of at least 4 members (excludes halogenated alkanes) is 3. The largest absolute Gasteiger partial charge is 0.744 e. The number of hydrogen-bond donors (Lipinski definition) is 1. The van der Waals surface area contributed by atoms with Gasteiger partial charge in [-0.3, -0.25) is 0 Å². The van der Waals surface area contributed by atoms with Crippen LogP contribution in [-0.4, -0.2) is 36.6 Å². The molecule has 0 saturated carbocycles. The number of aromatic hydroxyl groups is 1. The van der Waals surface area contributed by atoms with E-state index in [4.69, 9.17) is 0 Å². The van der Waals surface area contributed by atoms with Crippen LogP contribution < -0.4 is 0 Å². The number of rotatable bonds is 12. The van der Waals surface area contributed by atoms with Crippen LogP contribution in [0.5, 0.6) is 5.75 Å². The number of fused-ring (bicyclic) bond motifs is 1. The minimum atomic E-state index is -4.51. The van der Waals surface area contributed by atoms with E-state index >= 15 is 0 Å². The summed E-state index contributed by atoms with van der Waals surface area (Å²) in [5.41, 5.74) is 1.59. The summed E-state index contributed by atoms with van der Waals surface area (Å²) in [4.78, 5) is -0.309. The molecule has 0 aliphatic heterocycles. The summed E-state index contributed by atoms with van der Waals surface area (Å²) in [6.07, 6.45) is 14.4. The minimum Gasteiger partial charge on any atom is -0.744 e. The van der Waals surface area contributed by atoms with Crippen molar-refractivity contribution in [1.29, 1.82) is 0 Å². The van der Waals surface area contributed by atoms with E-state index < -0.39 is 17.4 Å². The summed E-state index contributed by atoms with van der Waals surface area (Å²) < 4.78 is 32.8. The Kier molecular flexibility index (Phi) is 12.2. The van der Waals surface area contributed by atoms with Gasteiger partial charge >= 0.3 is 0 Å². The molecule has 0 aliphatic carbocycles. The first-order valence-electron chi connectivity index (χ1n) is 12.8. The summed E-state index contributed by atoms with van der Waals surface area (Å²) >= 11 is 0. The van der Waals surface area contributed by atoms with Gasteiger partial charge in [0.2, 0.25) is 0 Å². The number of hydrogen-bond acceptors (Lipinski definition) is 4. The van der Waals surface area contributed by atoms with Crippen LogP contribution >= 0.6 is 7.26 Å². The minimum absolute atomic E-state index is 0.0435. The van der Waals surface area contributed by atoms with Crippen LogP contribution in [0.3, 0.4) is 0 Å². The summed E-state index contributed by atoms with van der Waals surface area (Å²) in [5.74, 6) is -0.0435. The molecule has 0 atom stereocenters. The lowest BCUT2D eigenvalue weighted by atomic mass is 10.1. The third kappa shape index (κ3) is 9.22. The summed E-state index contributed by atoms with van der Waals surface area (Å²) in [6, 6.07) is 19.9. The summed E-state index contributed by atoms with van der Waals surface area (Å²) in [5, 5.41) is 10.1. The maximum Gasteiger partial charge on any atom is 0.125 e. The summed E-state index contributed by atoms with van der Waals surface area (Å²) in [6.45, 7) is 7.03. The van der Waals surface area contributed by atoms with Gasteiger partial charge in [0, 0.05) is 18.0 Å². The standard InChI is InChI=1S/C19H34P.C10H8O4S/c1-4-7-15-20(16-8-5-2,17-9-6-3)18-19-13-11-10-12-14-19;11-9-5-6-10(15(12,13)14)8-4-2-1-3-7(8)9/h10-14H,4-9,15-18H2,1-3H3;1-6,11H,(H,12,13,14)/q+1;/p-1. The number of phenolic OH excluding ortho intramolecular Hbond substituents is 1. The van der Waals surface area contributed by atoms with E-state index in [1.807, 2.05) is 0 Å². The monoisotopic (exact) mass is 516 g/mol. The zero-order valence-corrected chi connectivity index (χ0v) is 23.2. The van der Waals surface area contributed by atoms with Gasteiger partial charge in [0.25, 0.3) is 0 Å². The second-order valence-electron chi connectivity index (χ2n) is 9.30. The maximum atomic E-state index is 10.9. The van der Waals surface area contributed by atoms with E-state index in [1.54, 1.807) is 23.8 Å². The molecule has 35 heavy (non-hydrogen) atoms. The molecule has 0 radical (unpaired) electrons. The predicted octanol–water partition coefficient (Wildman–Crippen LogP) is 8.05. The first kappa shape index (κ1) is 29.3. The van der Waals surface area contributed by atoms with Crippen LogP contribution in [0.4, 0.5) is 0 Å². The van der Waals surface area contributed by atoms with Gasteiger partial charge in [0.05, 0.1) is 29.5 Å². The highest BCUT2D eigenvalue weighted by Gasteiger charge is 2.35. The summed E-state index contributed by atoms with van der Waals surface area (Å²) in [7, 11) is -5.27. The van der Waals surface area contributed by atoms with Crippen molar-refractivity contribution in [3.63, 3.8) is 0 Å². The maximum absolute atomic E-state index is 10.9. The smallest absolute Gasteiger partial charge is 0.125 e. The lowest BCUT2D eigenvalue weighted by Crippen LogP contribution is -2.11. The van der Waals surface area contributed by atoms with Gasteiger partial charge in [-0.2, -0.15) is 0 Å².